The second-order valence-electron chi connectivity index (χ2n) is 3.97. The van der Waals surface area contributed by atoms with Crippen LogP contribution in [-0.2, 0) is 0 Å². The van der Waals surface area contributed by atoms with Gasteiger partial charge in [0.1, 0.15) is 19.6 Å². The van der Waals surface area contributed by atoms with Crippen molar-refractivity contribution in [1.29, 1.82) is 5.26 Å². The fourth-order valence-corrected chi connectivity index (χ4v) is 1.61. The third-order valence-corrected chi connectivity index (χ3v) is 2.55. The summed E-state index contributed by atoms with van der Waals surface area (Å²) in [5.74, 6) is 0.651. The Labute approximate surface area is 115 Å². The lowest BCUT2D eigenvalue weighted by Crippen LogP contribution is -2.02. The first kappa shape index (κ1) is 12.1. The zero-order valence-electron chi connectivity index (χ0n) is 10.2. The third kappa shape index (κ3) is 2.27. The summed E-state index contributed by atoms with van der Waals surface area (Å²) in [6, 6.07) is 6.98. The lowest BCUT2D eigenvalue weighted by atomic mass is 9.97. The molecule has 92 valence electrons. The van der Waals surface area contributed by atoms with Crippen LogP contribution >= 0.6 is 0 Å². The third-order valence-electron chi connectivity index (χ3n) is 2.55. The minimum Gasteiger partial charge on any atom is -0.333 e. The van der Waals surface area contributed by atoms with E-state index >= 15 is 0 Å². The SMILES string of the molecule is [B]c1cncc(-c2nc(-c3ccc(C#N)cn3)no2)c1. The summed E-state index contributed by atoms with van der Waals surface area (Å²) in [5, 5.41) is 12.6. The number of nitriles is 1. The van der Waals surface area contributed by atoms with E-state index in [-0.39, 0.29) is 0 Å². The minimum absolute atomic E-state index is 0.311. The van der Waals surface area contributed by atoms with Crippen molar-refractivity contribution < 1.29 is 4.52 Å². The van der Waals surface area contributed by atoms with Gasteiger partial charge in [0.2, 0.25) is 5.82 Å². The first-order valence-electron chi connectivity index (χ1n) is 5.67. The maximum absolute atomic E-state index is 8.72. The molecule has 20 heavy (non-hydrogen) atoms. The summed E-state index contributed by atoms with van der Waals surface area (Å²) in [6.07, 6.45) is 4.57. The Morgan fingerprint density at radius 1 is 1.20 bits per heavy atom. The monoisotopic (exact) mass is 259 g/mol. The van der Waals surface area contributed by atoms with Crippen LogP contribution in [0, 0.1) is 11.3 Å². The van der Waals surface area contributed by atoms with Gasteiger partial charge in [-0.3, -0.25) is 9.97 Å². The molecule has 0 aliphatic heterocycles. The molecule has 7 heteroatoms. The molecule has 0 saturated carbocycles. The molecule has 0 spiro atoms. The zero-order chi connectivity index (χ0) is 13.9. The highest BCUT2D eigenvalue weighted by Crippen LogP contribution is 2.19. The van der Waals surface area contributed by atoms with E-state index in [1.165, 1.54) is 12.4 Å². The molecule has 3 aromatic heterocycles. The number of pyridine rings is 2. The molecule has 0 aliphatic rings. The highest BCUT2D eigenvalue weighted by molar-refractivity contribution is 6.32. The fraction of sp³-hybridized carbons (Fsp3) is 0. The van der Waals surface area contributed by atoms with Crippen LogP contribution in [0.3, 0.4) is 0 Å². The van der Waals surface area contributed by atoms with Crippen LogP contribution in [-0.4, -0.2) is 28.0 Å². The molecular formula is C13H6BN5O. The molecule has 0 saturated heterocycles. The van der Waals surface area contributed by atoms with E-state index in [4.69, 9.17) is 17.6 Å². The molecular weight excluding hydrogens is 253 g/mol. The molecule has 0 aromatic carbocycles. The molecule has 6 nitrogen and oxygen atoms in total. The Morgan fingerprint density at radius 3 is 2.80 bits per heavy atom. The van der Waals surface area contributed by atoms with E-state index in [9.17, 15) is 0 Å². The second-order valence-corrected chi connectivity index (χ2v) is 3.97. The second kappa shape index (κ2) is 4.94. The van der Waals surface area contributed by atoms with Crippen molar-refractivity contribution in [2.75, 3.05) is 0 Å². The molecule has 0 atom stereocenters. The largest absolute Gasteiger partial charge is 0.333 e. The van der Waals surface area contributed by atoms with Crippen LogP contribution < -0.4 is 5.46 Å². The summed E-state index contributed by atoms with van der Waals surface area (Å²) in [7, 11) is 5.65. The van der Waals surface area contributed by atoms with Gasteiger partial charge in [0.15, 0.2) is 0 Å². The number of aromatic nitrogens is 4. The lowest BCUT2D eigenvalue weighted by Gasteiger charge is -1.95. The number of rotatable bonds is 2. The van der Waals surface area contributed by atoms with Crippen molar-refractivity contribution in [1.82, 2.24) is 20.1 Å². The van der Waals surface area contributed by atoms with Crippen LogP contribution in [0.2, 0.25) is 0 Å². The number of hydrogen-bond acceptors (Lipinski definition) is 6. The molecule has 3 heterocycles. The Kier molecular flexibility index (Phi) is 2.97. The smallest absolute Gasteiger partial charge is 0.259 e. The van der Waals surface area contributed by atoms with E-state index in [1.807, 2.05) is 6.07 Å². The van der Waals surface area contributed by atoms with Crippen molar-refractivity contribution in [2.45, 2.75) is 0 Å². The van der Waals surface area contributed by atoms with Crippen LogP contribution in [0.4, 0.5) is 0 Å². The maximum atomic E-state index is 8.72. The van der Waals surface area contributed by atoms with E-state index in [2.05, 4.69) is 20.1 Å². The van der Waals surface area contributed by atoms with Crippen molar-refractivity contribution in [2.24, 2.45) is 0 Å². The van der Waals surface area contributed by atoms with E-state index in [0.717, 1.165) is 0 Å². The van der Waals surface area contributed by atoms with Crippen molar-refractivity contribution >= 4 is 13.3 Å². The van der Waals surface area contributed by atoms with Crippen LogP contribution in [0.1, 0.15) is 5.56 Å². The van der Waals surface area contributed by atoms with E-state index < -0.39 is 0 Å². The predicted molar refractivity (Wildman–Crippen MR) is 70.9 cm³/mol. The van der Waals surface area contributed by atoms with Gasteiger partial charge < -0.3 is 4.52 Å². The molecule has 3 rings (SSSR count). The Bertz CT molecular complexity index is 791. The topological polar surface area (TPSA) is 88.5 Å². The number of hydrogen-bond donors (Lipinski definition) is 0. The Hall–Kier alpha value is -3.01. The van der Waals surface area contributed by atoms with Gasteiger partial charge >= 0.3 is 0 Å². The van der Waals surface area contributed by atoms with Gasteiger partial charge in [0.05, 0.1) is 11.1 Å². The molecule has 2 radical (unpaired) electrons. The highest BCUT2D eigenvalue weighted by Gasteiger charge is 2.11. The van der Waals surface area contributed by atoms with Crippen LogP contribution in [0.5, 0.6) is 0 Å². The van der Waals surface area contributed by atoms with Crippen LogP contribution in [0.25, 0.3) is 23.0 Å². The standard InChI is InChI=1S/C13H6BN5O/c14-10-3-9(6-16-7-10)13-18-12(19-20-13)11-2-1-8(4-15)5-17-11/h1-3,5-7H. The summed E-state index contributed by atoms with van der Waals surface area (Å²) in [6.45, 7) is 0. The van der Waals surface area contributed by atoms with Gasteiger partial charge in [-0.25, -0.2) is 0 Å². The average molecular weight is 259 g/mol. The van der Waals surface area contributed by atoms with Crippen molar-refractivity contribution in [3.05, 3.63) is 42.4 Å². The van der Waals surface area contributed by atoms with Gasteiger partial charge in [0, 0.05) is 18.6 Å². The van der Waals surface area contributed by atoms with E-state index in [0.29, 0.717) is 34.0 Å². The highest BCUT2D eigenvalue weighted by atomic mass is 16.5. The van der Waals surface area contributed by atoms with Gasteiger partial charge in [-0.2, -0.15) is 10.2 Å². The lowest BCUT2D eigenvalue weighted by molar-refractivity contribution is 0.432. The molecule has 3 aromatic rings. The predicted octanol–water partition coefficient (Wildman–Crippen LogP) is 0.859. The summed E-state index contributed by atoms with van der Waals surface area (Å²) < 4.78 is 5.15. The minimum atomic E-state index is 0.311. The molecule has 0 bridgehead atoms. The first-order valence-corrected chi connectivity index (χ1v) is 5.67. The van der Waals surface area contributed by atoms with Gasteiger partial charge in [-0.05, 0) is 12.1 Å². The van der Waals surface area contributed by atoms with E-state index in [1.54, 1.807) is 24.4 Å². The molecule has 0 unspecified atom stereocenters. The zero-order valence-corrected chi connectivity index (χ0v) is 10.2. The normalized spacial score (nSPS) is 10.2. The van der Waals surface area contributed by atoms with Gasteiger partial charge in [-0.15, -0.1) is 0 Å². The Balaban J connectivity index is 1.95. The number of nitrogens with zero attached hydrogens (tertiary/aromatic N) is 5. The van der Waals surface area contributed by atoms with Gasteiger partial charge in [-0.1, -0.05) is 16.7 Å². The van der Waals surface area contributed by atoms with Crippen molar-refractivity contribution in [3.8, 4) is 29.0 Å². The molecule has 0 aliphatic carbocycles. The first-order chi connectivity index (χ1) is 9.76. The summed E-state index contributed by atoms with van der Waals surface area (Å²) in [4.78, 5) is 12.3. The molecule has 0 fully saturated rings. The maximum Gasteiger partial charge on any atom is 0.259 e. The van der Waals surface area contributed by atoms with Crippen molar-refractivity contribution in [3.63, 3.8) is 0 Å². The molecule has 0 N–H and O–H groups in total. The summed E-state index contributed by atoms with van der Waals surface area (Å²) in [5.41, 5.74) is 2.14. The average Bonchev–Trinajstić information content (AvgIpc) is 2.97. The fourth-order valence-electron chi connectivity index (χ4n) is 1.61. The van der Waals surface area contributed by atoms with Crippen LogP contribution in [0.15, 0.2) is 41.3 Å². The summed E-state index contributed by atoms with van der Waals surface area (Å²) >= 11 is 0. The molecule has 0 amide bonds. The quantitative estimate of drug-likeness (QED) is 0.634. The van der Waals surface area contributed by atoms with Gasteiger partial charge in [0.25, 0.3) is 5.89 Å². The Morgan fingerprint density at radius 2 is 2.10 bits per heavy atom.